The maximum atomic E-state index is 4.58. The standard InChI is InChI=1S/C13H15BrN2S/c1-9(2)7-15-13-16-12(8-17-13)10-4-3-5-11(14)6-10/h3-6,8-9H,7H2,1-2H3,(H,15,16). The molecule has 1 aromatic carbocycles. The average molecular weight is 311 g/mol. The summed E-state index contributed by atoms with van der Waals surface area (Å²) < 4.78 is 1.08. The van der Waals surface area contributed by atoms with Crippen molar-refractivity contribution in [1.29, 1.82) is 0 Å². The van der Waals surface area contributed by atoms with Crippen LogP contribution in [0.2, 0.25) is 0 Å². The van der Waals surface area contributed by atoms with Crippen LogP contribution in [0.1, 0.15) is 13.8 Å². The number of anilines is 1. The number of benzene rings is 1. The first-order valence-electron chi connectivity index (χ1n) is 5.60. The number of hydrogen-bond donors (Lipinski definition) is 1. The maximum Gasteiger partial charge on any atom is 0.183 e. The SMILES string of the molecule is CC(C)CNc1nc(-c2cccc(Br)c2)cs1. The zero-order chi connectivity index (χ0) is 12.3. The molecule has 2 rings (SSSR count). The van der Waals surface area contributed by atoms with Crippen LogP contribution in [-0.4, -0.2) is 11.5 Å². The van der Waals surface area contributed by atoms with Gasteiger partial charge in [0.15, 0.2) is 5.13 Å². The number of thiazole rings is 1. The molecule has 0 bridgehead atoms. The lowest BCUT2D eigenvalue weighted by Gasteiger charge is -2.04. The van der Waals surface area contributed by atoms with Gasteiger partial charge in [-0.2, -0.15) is 0 Å². The average Bonchev–Trinajstić information content (AvgIpc) is 2.75. The van der Waals surface area contributed by atoms with Crippen molar-refractivity contribution in [3.8, 4) is 11.3 Å². The summed E-state index contributed by atoms with van der Waals surface area (Å²) in [6.45, 7) is 5.34. The molecule has 0 saturated heterocycles. The van der Waals surface area contributed by atoms with Crippen molar-refractivity contribution < 1.29 is 0 Å². The summed E-state index contributed by atoms with van der Waals surface area (Å²) in [7, 11) is 0. The Morgan fingerprint density at radius 1 is 1.41 bits per heavy atom. The second-order valence-corrected chi connectivity index (χ2v) is 6.10. The zero-order valence-corrected chi connectivity index (χ0v) is 12.3. The lowest BCUT2D eigenvalue weighted by molar-refractivity contribution is 0.688. The lowest BCUT2D eigenvalue weighted by atomic mass is 10.2. The number of nitrogens with one attached hydrogen (secondary N) is 1. The van der Waals surface area contributed by atoms with Crippen LogP contribution in [0.3, 0.4) is 0 Å². The number of rotatable bonds is 4. The molecule has 0 aliphatic rings. The predicted molar refractivity (Wildman–Crippen MR) is 78.6 cm³/mol. The van der Waals surface area contributed by atoms with E-state index in [0.29, 0.717) is 5.92 Å². The summed E-state index contributed by atoms with van der Waals surface area (Å²) in [5, 5.41) is 6.43. The van der Waals surface area contributed by atoms with E-state index < -0.39 is 0 Å². The first kappa shape index (κ1) is 12.6. The van der Waals surface area contributed by atoms with Crippen LogP contribution in [0.4, 0.5) is 5.13 Å². The third-order valence-corrected chi connectivity index (χ3v) is 3.58. The Labute approximate surface area is 114 Å². The molecule has 1 heterocycles. The van der Waals surface area contributed by atoms with Gasteiger partial charge in [0.2, 0.25) is 0 Å². The monoisotopic (exact) mass is 310 g/mol. The third kappa shape index (κ3) is 3.54. The Kier molecular flexibility index (Phi) is 4.18. The van der Waals surface area contributed by atoms with E-state index in [4.69, 9.17) is 0 Å². The second-order valence-electron chi connectivity index (χ2n) is 4.32. The van der Waals surface area contributed by atoms with Crippen molar-refractivity contribution in [2.24, 2.45) is 5.92 Å². The normalized spacial score (nSPS) is 10.8. The van der Waals surface area contributed by atoms with Gasteiger partial charge in [-0.15, -0.1) is 11.3 Å². The van der Waals surface area contributed by atoms with Crippen LogP contribution in [0.15, 0.2) is 34.1 Å². The summed E-state index contributed by atoms with van der Waals surface area (Å²) in [6, 6.07) is 8.21. The van der Waals surface area contributed by atoms with Gasteiger partial charge >= 0.3 is 0 Å². The first-order valence-corrected chi connectivity index (χ1v) is 7.28. The second kappa shape index (κ2) is 5.65. The molecule has 0 radical (unpaired) electrons. The molecule has 17 heavy (non-hydrogen) atoms. The highest BCUT2D eigenvalue weighted by atomic mass is 79.9. The van der Waals surface area contributed by atoms with Gasteiger partial charge < -0.3 is 5.32 Å². The van der Waals surface area contributed by atoms with E-state index in [-0.39, 0.29) is 0 Å². The molecule has 0 amide bonds. The van der Waals surface area contributed by atoms with Crippen LogP contribution in [0.5, 0.6) is 0 Å². The fourth-order valence-electron chi connectivity index (χ4n) is 1.43. The highest BCUT2D eigenvalue weighted by Crippen LogP contribution is 2.26. The van der Waals surface area contributed by atoms with Crippen molar-refractivity contribution in [2.45, 2.75) is 13.8 Å². The fourth-order valence-corrected chi connectivity index (χ4v) is 2.56. The molecule has 0 saturated carbocycles. The largest absolute Gasteiger partial charge is 0.361 e. The van der Waals surface area contributed by atoms with Crippen LogP contribution >= 0.6 is 27.3 Å². The Morgan fingerprint density at radius 2 is 2.24 bits per heavy atom. The van der Waals surface area contributed by atoms with Crippen LogP contribution in [0.25, 0.3) is 11.3 Å². The molecule has 2 nitrogen and oxygen atoms in total. The topological polar surface area (TPSA) is 24.9 Å². The van der Waals surface area contributed by atoms with E-state index in [1.807, 2.05) is 12.1 Å². The van der Waals surface area contributed by atoms with E-state index in [1.165, 1.54) is 0 Å². The predicted octanol–water partition coefficient (Wildman–Crippen LogP) is 4.64. The number of nitrogens with zero attached hydrogens (tertiary/aromatic N) is 1. The molecule has 0 spiro atoms. The van der Waals surface area contributed by atoms with Crippen LogP contribution in [0, 0.1) is 5.92 Å². The van der Waals surface area contributed by atoms with E-state index in [0.717, 1.165) is 27.4 Å². The Balaban J connectivity index is 2.12. The minimum atomic E-state index is 0.633. The third-order valence-electron chi connectivity index (χ3n) is 2.29. The summed E-state index contributed by atoms with van der Waals surface area (Å²) >= 11 is 5.13. The van der Waals surface area contributed by atoms with Gasteiger partial charge in [0.1, 0.15) is 0 Å². The van der Waals surface area contributed by atoms with E-state index >= 15 is 0 Å². The van der Waals surface area contributed by atoms with Crippen LogP contribution < -0.4 is 5.32 Å². The quantitative estimate of drug-likeness (QED) is 0.889. The molecular weight excluding hydrogens is 296 g/mol. The number of aromatic nitrogens is 1. The number of halogens is 1. The molecule has 1 aromatic heterocycles. The number of hydrogen-bond acceptors (Lipinski definition) is 3. The van der Waals surface area contributed by atoms with Gasteiger partial charge in [0.25, 0.3) is 0 Å². The highest BCUT2D eigenvalue weighted by Gasteiger charge is 2.05. The van der Waals surface area contributed by atoms with Gasteiger partial charge in [-0.25, -0.2) is 4.98 Å². The summed E-state index contributed by atoms with van der Waals surface area (Å²) in [6.07, 6.45) is 0. The molecular formula is C13H15BrN2S. The summed E-state index contributed by atoms with van der Waals surface area (Å²) in [4.78, 5) is 4.58. The molecule has 0 aliphatic carbocycles. The lowest BCUT2D eigenvalue weighted by Crippen LogP contribution is -2.07. The van der Waals surface area contributed by atoms with Gasteiger partial charge in [-0.1, -0.05) is 41.9 Å². The van der Waals surface area contributed by atoms with Gasteiger partial charge in [0, 0.05) is 22.0 Å². The molecule has 2 aromatic rings. The molecule has 0 unspecified atom stereocenters. The molecule has 0 fully saturated rings. The summed E-state index contributed by atoms with van der Waals surface area (Å²) in [5.41, 5.74) is 2.18. The minimum Gasteiger partial charge on any atom is -0.361 e. The Hall–Kier alpha value is -0.870. The van der Waals surface area contributed by atoms with Crippen molar-refractivity contribution in [1.82, 2.24) is 4.98 Å². The van der Waals surface area contributed by atoms with Crippen LogP contribution in [-0.2, 0) is 0 Å². The van der Waals surface area contributed by atoms with Crippen molar-refractivity contribution in [3.05, 3.63) is 34.1 Å². The Bertz CT molecular complexity index is 494. The minimum absolute atomic E-state index is 0.633. The van der Waals surface area contributed by atoms with Gasteiger partial charge in [-0.05, 0) is 18.1 Å². The van der Waals surface area contributed by atoms with E-state index in [1.54, 1.807) is 11.3 Å². The smallest absolute Gasteiger partial charge is 0.183 e. The molecule has 4 heteroatoms. The maximum absolute atomic E-state index is 4.58. The first-order chi connectivity index (χ1) is 8.15. The van der Waals surface area contributed by atoms with Gasteiger partial charge in [0.05, 0.1) is 5.69 Å². The van der Waals surface area contributed by atoms with E-state index in [2.05, 4.69) is 57.6 Å². The summed E-state index contributed by atoms with van der Waals surface area (Å²) in [5.74, 6) is 0.633. The van der Waals surface area contributed by atoms with Crippen molar-refractivity contribution in [3.63, 3.8) is 0 Å². The van der Waals surface area contributed by atoms with Crippen molar-refractivity contribution >= 4 is 32.4 Å². The van der Waals surface area contributed by atoms with Gasteiger partial charge in [-0.3, -0.25) is 0 Å². The van der Waals surface area contributed by atoms with Crippen molar-refractivity contribution in [2.75, 3.05) is 11.9 Å². The Morgan fingerprint density at radius 3 is 2.94 bits per heavy atom. The molecule has 0 aliphatic heterocycles. The fraction of sp³-hybridized carbons (Fsp3) is 0.308. The molecule has 0 atom stereocenters. The highest BCUT2D eigenvalue weighted by molar-refractivity contribution is 9.10. The zero-order valence-electron chi connectivity index (χ0n) is 9.90. The molecule has 1 N–H and O–H groups in total. The molecule has 90 valence electrons. The van der Waals surface area contributed by atoms with E-state index in [9.17, 15) is 0 Å².